The second kappa shape index (κ2) is 4.58. The van der Waals surface area contributed by atoms with Crippen molar-refractivity contribution in [3.63, 3.8) is 0 Å². The summed E-state index contributed by atoms with van der Waals surface area (Å²) in [6, 6.07) is 5.90. The standard InChI is InChI=1S/C17H19NO2/c1-10-7-8-11(2)14(9-10)18-16(19)13-6-4-5-12(3)15(13)17(18)20/h4-5,7-9,12-13,15H,6H2,1-3H3/t12-,13+,15+/m0/s1. The van der Waals surface area contributed by atoms with E-state index in [1.54, 1.807) is 0 Å². The third-order valence-corrected chi connectivity index (χ3v) is 4.48. The van der Waals surface area contributed by atoms with Crippen LogP contribution in [0.4, 0.5) is 5.69 Å². The molecular weight excluding hydrogens is 250 g/mol. The number of carbonyl (C=O) groups is 2. The number of rotatable bonds is 1. The lowest BCUT2D eigenvalue weighted by atomic mass is 9.78. The van der Waals surface area contributed by atoms with Gasteiger partial charge in [-0.1, -0.05) is 31.2 Å². The fourth-order valence-electron chi connectivity index (χ4n) is 3.35. The minimum atomic E-state index is -0.188. The number of allylic oxidation sites excluding steroid dienone is 2. The molecule has 3 heteroatoms. The molecule has 1 fully saturated rings. The molecule has 0 radical (unpaired) electrons. The van der Waals surface area contributed by atoms with Gasteiger partial charge in [0, 0.05) is 0 Å². The van der Waals surface area contributed by atoms with E-state index in [4.69, 9.17) is 0 Å². The van der Waals surface area contributed by atoms with Gasteiger partial charge in [-0.2, -0.15) is 0 Å². The molecule has 0 aromatic heterocycles. The van der Waals surface area contributed by atoms with Gasteiger partial charge in [-0.25, -0.2) is 4.90 Å². The Morgan fingerprint density at radius 2 is 1.90 bits per heavy atom. The molecule has 2 amide bonds. The minimum Gasteiger partial charge on any atom is -0.274 e. The highest BCUT2D eigenvalue weighted by Crippen LogP contribution is 2.41. The molecule has 3 nitrogen and oxygen atoms in total. The van der Waals surface area contributed by atoms with Crippen molar-refractivity contribution in [3.05, 3.63) is 41.5 Å². The van der Waals surface area contributed by atoms with Gasteiger partial charge in [0.15, 0.2) is 0 Å². The summed E-state index contributed by atoms with van der Waals surface area (Å²) in [5.41, 5.74) is 2.78. The molecule has 0 saturated carbocycles. The summed E-state index contributed by atoms with van der Waals surface area (Å²) >= 11 is 0. The number of benzene rings is 1. The Morgan fingerprint density at radius 3 is 2.60 bits per heavy atom. The number of fused-ring (bicyclic) bond motifs is 1. The van der Waals surface area contributed by atoms with Crippen molar-refractivity contribution in [2.45, 2.75) is 27.2 Å². The van der Waals surface area contributed by atoms with Gasteiger partial charge in [0.2, 0.25) is 11.8 Å². The molecule has 2 aliphatic rings. The maximum atomic E-state index is 12.7. The van der Waals surface area contributed by atoms with E-state index >= 15 is 0 Å². The van der Waals surface area contributed by atoms with Crippen LogP contribution in [0.1, 0.15) is 24.5 Å². The van der Waals surface area contributed by atoms with Crippen molar-refractivity contribution in [1.82, 2.24) is 0 Å². The van der Waals surface area contributed by atoms with Gasteiger partial charge in [-0.3, -0.25) is 9.59 Å². The summed E-state index contributed by atoms with van der Waals surface area (Å²) in [7, 11) is 0. The van der Waals surface area contributed by atoms with Gasteiger partial charge in [-0.15, -0.1) is 0 Å². The van der Waals surface area contributed by atoms with Crippen LogP contribution in [0.25, 0.3) is 0 Å². The van der Waals surface area contributed by atoms with Gasteiger partial charge >= 0.3 is 0 Å². The van der Waals surface area contributed by atoms with Gasteiger partial charge in [0.25, 0.3) is 0 Å². The quantitative estimate of drug-likeness (QED) is 0.580. The average molecular weight is 269 g/mol. The lowest BCUT2D eigenvalue weighted by molar-refractivity contribution is -0.122. The first-order valence-electron chi connectivity index (χ1n) is 7.12. The minimum absolute atomic E-state index is 0.0365. The summed E-state index contributed by atoms with van der Waals surface area (Å²) in [6.07, 6.45) is 4.77. The SMILES string of the molecule is Cc1ccc(C)c(N2C(=O)[C@@H]3[C@@H](C)C=CC[C@H]3C2=O)c1. The third-order valence-electron chi connectivity index (χ3n) is 4.48. The summed E-state index contributed by atoms with van der Waals surface area (Å²) < 4.78 is 0. The van der Waals surface area contributed by atoms with Crippen LogP contribution >= 0.6 is 0 Å². The van der Waals surface area contributed by atoms with Crippen molar-refractivity contribution < 1.29 is 9.59 Å². The first kappa shape index (κ1) is 13.1. The molecule has 1 aromatic rings. The van der Waals surface area contributed by atoms with E-state index in [9.17, 15) is 9.59 Å². The highest BCUT2D eigenvalue weighted by molar-refractivity contribution is 6.22. The molecule has 0 N–H and O–H groups in total. The van der Waals surface area contributed by atoms with Crippen LogP contribution in [0.3, 0.4) is 0 Å². The lowest BCUT2D eigenvalue weighted by Crippen LogP contribution is -2.32. The molecule has 0 spiro atoms. The Balaban J connectivity index is 2.06. The topological polar surface area (TPSA) is 37.4 Å². The van der Waals surface area contributed by atoms with Crippen molar-refractivity contribution in [1.29, 1.82) is 0 Å². The maximum absolute atomic E-state index is 12.7. The molecule has 1 aliphatic carbocycles. The number of nitrogens with zero attached hydrogens (tertiary/aromatic N) is 1. The first-order chi connectivity index (χ1) is 9.50. The Bertz CT molecular complexity index is 617. The van der Waals surface area contributed by atoms with Crippen LogP contribution < -0.4 is 4.90 Å². The van der Waals surface area contributed by atoms with Crippen molar-refractivity contribution >= 4 is 17.5 Å². The Labute approximate surface area is 119 Å². The monoisotopic (exact) mass is 269 g/mol. The number of hydrogen-bond acceptors (Lipinski definition) is 2. The van der Waals surface area contributed by atoms with E-state index in [1.807, 2.05) is 45.0 Å². The molecule has 3 atom stereocenters. The number of aryl methyl sites for hydroxylation is 2. The summed E-state index contributed by atoms with van der Waals surface area (Å²) in [6.45, 7) is 5.94. The molecule has 1 aliphatic heterocycles. The lowest BCUT2D eigenvalue weighted by Gasteiger charge is -2.22. The first-order valence-corrected chi connectivity index (χ1v) is 7.12. The van der Waals surface area contributed by atoms with Crippen LogP contribution in [-0.4, -0.2) is 11.8 Å². The fraction of sp³-hybridized carbons (Fsp3) is 0.412. The number of amides is 2. The fourth-order valence-corrected chi connectivity index (χ4v) is 3.35. The van der Waals surface area contributed by atoms with Crippen molar-refractivity contribution in [2.24, 2.45) is 17.8 Å². The van der Waals surface area contributed by atoms with Crippen LogP contribution in [0.15, 0.2) is 30.4 Å². The van der Waals surface area contributed by atoms with Crippen molar-refractivity contribution in [3.8, 4) is 0 Å². The van der Waals surface area contributed by atoms with Gasteiger partial charge in [-0.05, 0) is 43.4 Å². The van der Waals surface area contributed by atoms with Gasteiger partial charge in [0.1, 0.15) is 0 Å². The second-order valence-electron chi connectivity index (χ2n) is 5.96. The molecule has 1 aromatic carbocycles. The number of anilines is 1. The molecule has 0 bridgehead atoms. The van der Waals surface area contributed by atoms with E-state index < -0.39 is 0 Å². The van der Waals surface area contributed by atoms with Gasteiger partial charge < -0.3 is 0 Å². The van der Waals surface area contributed by atoms with E-state index in [-0.39, 0.29) is 29.6 Å². The molecule has 20 heavy (non-hydrogen) atoms. The summed E-state index contributed by atoms with van der Waals surface area (Å²) in [4.78, 5) is 26.7. The molecule has 1 saturated heterocycles. The summed E-state index contributed by atoms with van der Waals surface area (Å²) in [5, 5.41) is 0. The maximum Gasteiger partial charge on any atom is 0.238 e. The zero-order valence-electron chi connectivity index (χ0n) is 12.1. The predicted octanol–water partition coefficient (Wildman–Crippen LogP) is 3.01. The Kier molecular flexibility index (Phi) is 3.00. The number of carbonyl (C=O) groups excluding carboxylic acids is 2. The molecular formula is C17H19NO2. The zero-order valence-corrected chi connectivity index (χ0v) is 12.1. The second-order valence-corrected chi connectivity index (χ2v) is 5.96. The zero-order chi connectivity index (χ0) is 14.4. The van der Waals surface area contributed by atoms with E-state index in [2.05, 4.69) is 6.08 Å². The van der Waals surface area contributed by atoms with Crippen LogP contribution in [0, 0.1) is 31.6 Å². The third kappa shape index (κ3) is 1.80. The Morgan fingerprint density at radius 1 is 1.15 bits per heavy atom. The Hall–Kier alpha value is -1.90. The predicted molar refractivity (Wildman–Crippen MR) is 78.3 cm³/mol. The normalized spacial score (nSPS) is 28.9. The van der Waals surface area contributed by atoms with Crippen LogP contribution in [0.2, 0.25) is 0 Å². The molecule has 104 valence electrons. The van der Waals surface area contributed by atoms with E-state index in [0.717, 1.165) is 16.8 Å². The molecule has 0 unspecified atom stereocenters. The average Bonchev–Trinajstić information content (AvgIpc) is 2.66. The van der Waals surface area contributed by atoms with Crippen LogP contribution in [0.5, 0.6) is 0 Å². The van der Waals surface area contributed by atoms with Crippen molar-refractivity contribution in [2.75, 3.05) is 4.90 Å². The molecule has 1 heterocycles. The van der Waals surface area contributed by atoms with Gasteiger partial charge in [0.05, 0.1) is 17.5 Å². The summed E-state index contributed by atoms with van der Waals surface area (Å²) in [5.74, 6) is -0.300. The van der Waals surface area contributed by atoms with Crippen LogP contribution in [-0.2, 0) is 9.59 Å². The largest absolute Gasteiger partial charge is 0.274 e. The molecule has 3 rings (SSSR count). The smallest absolute Gasteiger partial charge is 0.238 e. The highest BCUT2D eigenvalue weighted by Gasteiger charge is 2.50. The van der Waals surface area contributed by atoms with E-state index in [0.29, 0.717) is 6.42 Å². The number of imide groups is 1. The highest BCUT2D eigenvalue weighted by atomic mass is 16.2. The van der Waals surface area contributed by atoms with E-state index in [1.165, 1.54) is 4.90 Å². The number of hydrogen-bond donors (Lipinski definition) is 0.